The van der Waals surface area contributed by atoms with Gasteiger partial charge in [0.25, 0.3) is 5.91 Å². The van der Waals surface area contributed by atoms with Crippen LogP contribution in [0.3, 0.4) is 0 Å². The van der Waals surface area contributed by atoms with Gasteiger partial charge < -0.3 is 19.1 Å². The van der Waals surface area contributed by atoms with Crippen molar-refractivity contribution in [1.82, 2.24) is 19.2 Å². The molecule has 0 unspecified atom stereocenters. The fraction of sp³-hybridized carbons (Fsp3) is 0.300. The number of aryl methyl sites for hydroxylation is 1. The monoisotopic (exact) mass is 365 g/mol. The highest BCUT2D eigenvalue weighted by atomic mass is 16.5. The van der Waals surface area contributed by atoms with Crippen LogP contribution in [-0.2, 0) is 7.05 Å². The van der Waals surface area contributed by atoms with Crippen molar-refractivity contribution in [2.45, 2.75) is 0 Å². The maximum Gasteiger partial charge on any atom is 0.259 e. The summed E-state index contributed by atoms with van der Waals surface area (Å²) in [5.74, 6) is 1.67. The number of para-hydroxylation sites is 2. The quantitative estimate of drug-likeness (QED) is 0.711. The summed E-state index contributed by atoms with van der Waals surface area (Å²) in [5.41, 5.74) is 1.70. The summed E-state index contributed by atoms with van der Waals surface area (Å²) in [5, 5.41) is 4.30. The largest absolute Gasteiger partial charge is 0.495 e. The standard InChI is InChI=1S/C20H23N5O2/c1-22-19(24-9-5-6-10-24)16(15-21-22)20(26)25-13-11-23(12-14-25)17-7-3-4-8-18(17)27-2/h3-10,15H,11-14H2,1-2H3. The van der Waals surface area contributed by atoms with Crippen molar-refractivity contribution in [3.63, 3.8) is 0 Å². The molecule has 0 N–H and O–H groups in total. The van der Waals surface area contributed by atoms with E-state index in [0.29, 0.717) is 18.7 Å². The van der Waals surface area contributed by atoms with Crippen LogP contribution < -0.4 is 9.64 Å². The van der Waals surface area contributed by atoms with Crippen LogP contribution in [0.4, 0.5) is 5.69 Å². The van der Waals surface area contributed by atoms with Crippen molar-refractivity contribution in [2.24, 2.45) is 7.05 Å². The van der Waals surface area contributed by atoms with Crippen molar-refractivity contribution in [3.8, 4) is 11.6 Å². The highest BCUT2D eigenvalue weighted by Gasteiger charge is 2.27. The van der Waals surface area contributed by atoms with Crippen LogP contribution in [0.5, 0.6) is 5.75 Å². The van der Waals surface area contributed by atoms with Gasteiger partial charge in [0.1, 0.15) is 17.1 Å². The molecule has 0 aliphatic carbocycles. The smallest absolute Gasteiger partial charge is 0.259 e. The normalized spacial score (nSPS) is 14.4. The number of hydrogen-bond donors (Lipinski definition) is 0. The van der Waals surface area contributed by atoms with Gasteiger partial charge in [-0.15, -0.1) is 0 Å². The van der Waals surface area contributed by atoms with E-state index in [2.05, 4.69) is 16.1 Å². The lowest BCUT2D eigenvalue weighted by atomic mass is 10.2. The Bertz CT molecular complexity index is 924. The Balaban J connectivity index is 1.50. The molecule has 3 heterocycles. The zero-order valence-electron chi connectivity index (χ0n) is 15.6. The van der Waals surface area contributed by atoms with E-state index in [1.54, 1.807) is 18.0 Å². The molecule has 27 heavy (non-hydrogen) atoms. The van der Waals surface area contributed by atoms with Crippen LogP contribution in [0.2, 0.25) is 0 Å². The number of carbonyl (C=O) groups excluding carboxylic acids is 1. The summed E-state index contributed by atoms with van der Waals surface area (Å²) in [6, 6.07) is 11.9. The van der Waals surface area contributed by atoms with E-state index in [0.717, 1.165) is 30.3 Å². The van der Waals surface area contributed by atoms with Gasteiger partial charge in [-0.25, -0.2) is 0 Å². The minimum absolute atomic E-state index is 0.0199. The number of methoxy groups -OCH3 is 1. The minimum atomic E-state index is 0.0199. The number of aromatic nitrogens is 3. The molecule has 0 bridgehead atoms. The molecule has 4 rings (SSSR count). The second kappa shape index (κ2) is 7.19. The Labute approximate surface area is 158 Å². The van der Waals surface area contributed by atoms with E-state index in [9.17, 15) is 4.79 Å². The number of rotatable bonds is 4. The second-order valence-electron chi connectivity index (χ2n) is 6.55. The van der Waals surface area contributed by atoms with Gasteiger partial charge in [-0.1, -0.05) is 12.1 Å². The summed E-state index contributed by atoms with van der Waals surface area (Å²) in [7, 11) is 3.54. The number of ether oxygens (including phenoxy) is 1. The molecule has 7 heteroatoms. The van der Waals surface area contributed by atoms with E-state index in [-0.39, 0.29) is 5.91 Å². The summed E-state index contributed by atoms with van der Waals surface area (Å²) in [6.45, 7) is 2.87. The van der Waals surface area contributed by atoms with E-state index in [1.165, 1.54) is 0 Å². The Hall–Kier alpha value is -3.22. The Morgan fingerprint density at radius 3 is 2.44 bits per heavy atom. The lowest BCUT2D eigenvalue weighted by Crippen LogP contribution is -2.49. The van der Waals surface area contributed by atoms with E-state index < -0.39 is 0 Å². The molecule has 140 valence electrons. The molecule has 0 saturated carbocycles. The zero-order chi connectivity index (χ0) is 18.8. The first-order valence-corrected chi connectivity index (χ1v) is 9.01. The third-order valence-corrected chi connectivity index (χ3v) is 4.98. The molecule has 7 nitrogen and oxygen atoms in total. The van der Waals surface area contributed by atoms with Crippen molar-refractivity contribution in [2.75, 3.05) is 38.2 Å². The Kier molecular flexibility index (Phi) is 4.58. The number of benzene rings is 1. The fourth-order valence-electron chi connectivity index (χ4n) is 3.58. The molecule has 0 radical (unpaired) electrons. The van der Waals surface area contributed by atoms with E-state index in [1.807, 2.05) is 59.2 Å². The number of anilines is 1. The van der Waals surface area contributed by atoms with Gasteiger partial charge in [0.2, 0.25) is 0 Å². The van der Waals surface area contributed by atoms with Crippen LogP contribution >= 0.6 is 0 Å². The maximum atomic E-state index is 13.1. The van der Waals surface area contributed by atoms with Crippen molar-refractivity contribution >= 4 is 11.6 Å². The SMILES string of the molecule is COc1ccccc1N1CCN(C(=O)c2cnn(C)c2-n2cccc2)CC1. The van der Waals surface area contributed by atoms with Crippen LogP contribution in [0.25, 0.3) is 5.82 Å². The van der Waals surface area contributed by atoms with Gasteiger partial charge in [0.15, 0.2) is 0 Å². The topological polar surface area (TPSA) is 55.5 Å². The number of hydrogen-bond acceptors (Lipinski definition) is 4. The van der Waals surface area contributed by atoms with Gasteiger partial charge in [-0.2, -0.15) is 5.10 Å². The average Bonchev–Trinajstić information content (AvgIpc) is 3.37. The average molecular weight is 365 g/mol. The highest BCUT2D eigenvalue weighted by molar-refractivity contribution is 5.97. The first-order valence-electron chi connectivity index (χ1n) is 9.01. The Morgan fingerprint density at radius 1 is 1.04 bits per heavy atom. The molecule has 1 aromatic carbocycles. The fourth-order valence-corrected chi connectivity index (χ4v) is 3.58. The lowest BCUT2D eigenvalue weighted by Gasteiger charge is -2.36. The Morgan fingerprint density at radius 2 is 1.74 bits per heavy atom. The number of amides is 1. The molecule has 0 spiro atoms. The molecule has 1 aliphatic rings. The van der Waals surface area contributed by atoms with Crippen molar-refractivity contribution < 1.29 is 9.53 Å². The van der Waals surface area contributed by atoms with Gasteiger partial charge in [-0.3, -0.25) is 9.48 Å². The van der Waals surface area contributed by atoms with E-state index >= 15 is 0 Å². The minimum Gasteiger partial charge on any atom is -0.495 e. The van der Waals surface area contributed by atoms with Gasteiger partial charge in [0, 0.05) is 45.6 Å². The predicted molar refractivity (Wildman–Crippen MR) is 104 cm³/mol. The van der Waals surface area contributed by atoms with Gasteiger partial charge in [-0.05, 0) is 24.3 Å². The third-order valence-electron chi connectivity index (χ3n) is 4.98. The van der Waals surface area contributed by atoms with Crippen LogP contribution in [0.15, 0.2) is 55.0 Å². The van der Waals surface area contributed by atoms with E-state index in [4.69, 9.17) is 4.74 Å². The number of nitrogens with zero attached hydrogens (tertiary/aromatic N) is 5. The zero-order valence-corrected chi connectivity index (χ0v) is 15.6. The molecule has 1 amide bonds. The van der Waals surface area contributed by atoms with Gasteiger partial charge in [0.05, 0.1) is 19.0 Å². The number of carbonyl (C=O) groups is 1. The van der Waals surface area contributed by atoms with Crippen LogP contribution in [0.1, 0.15) is 10.4 Å². The summed E-state index contributed by atoms with van der Waals surface area (Å²) in [6.07, 6.45) is 5.51. The molecule has 2 aromatic heterocycles. The molecule has 3 aromatic rings. The summed E-state index contributed by atoms with van der Waals surface area (Å²) in [4.78, 5) is 17.3. The first kappa shape index (κ1) is 17.2. The molecular weight excluding hydrogens is 342 g/mol. The highest BCUT2D eigenvalue weighted by Crippen LogP contribution is 2.28. The summed E-state index contributed by atoms with van der Waals surface area (Å²) >= 11 is 0. The molecule has 0 atom stereocenters. The van der Waals surface area contributed by atoms with Crippen molar-refractivity contribution in [1.29, 1.82) is 0 Å². The number of piperazine rings is 1. The molecule has 1 aliphatic heterocycles. The van der Waals surface area contributed by atoms with Crippen LogP contribution in [-0.4, -0.2) is 58.4 Å². The second-order valence-corrected chi connectivity index (χ2v) is 6.55. The van der Waals surface area contributed by atoms with Crippen molar-refractivity contribution in [3.05, 3.63) is 60.6 Å². The van der Waals surface area contributed by atoms with Crippen LogP contribution in [0, 0.1) is 0 Å². The van der Waals surface area contributed by atoms with Gasteiger partial charge >= 0.3 is 0 Å². The summed E-state index contributed by atoms with van der Waals surface area (Å²) < 4.78 is 9.12. The first-order chi connectivity index (χ1) is 13.2. The lowest BCUT2D eigenvalue weighted by molar-refractivity contribution is 0.0746. The molecule has 1 fully saturated rings. The molecule has 1 saturated heterocycles. The molecular formula is C20H23N5O2. The maximum absolute atomic E-state index is 13.1. The predicted octanol–water partition coefficient (Wildman–Crippen LogP) is 2.18. The third kappa shape index (κ3) is 3.16.